The van der Waals surface area contributed by atoms with Gasteiger partial charge < -0.3 is 16.0 Å². The Balaban J connectivity index is 2.94. The number of hydrogen-bond acceptors (Lipinski definition) is 4. The van der Waals surface area contributed by atoms with Gasteiger partial charge in [-0.15, -0.1) is 0 Å². The van der Waals surface area contributed by atoms with E-state index in [9.17, 15) is 4.79 Å². The third kappa shape index (κ3) is 3.19. The quantitative estimate of drug-likeness (QED) is 0.832. The molecule has 1 amide bonds. The summed E-state index contributed by atoms with van der Waals surface area (Å²) in [6.45, 7) is 6.62. The molecule has 0 saturated carbocycles. The number of carbonyl (C=O) groups excluding carboxylic acids is 1. The van der Waals surface area contributed by atoms with E-state index >= 15 is 0 Å². The molecule has 19 heavy (non-hydrogen) atoms. The minimum absolute atomic E-state index is 0.0247. The molecule has 0 aliphatic heterocycles. The molecule has 1 unspecified atom stereocenters. The summed E-state index contributed by atoms with van der Waals surface area (Å²) >= 11 is 0. The third-order valence-electron chi connectivity index (χ3n) is 3.23. The predicted molar refractivity (Wildman–Crippen MR) is 78.2 cm³/mol. The average molecular weight is 267 g/mol. The summed E-state index contributed by atoms with van der Waals surface area (Å²) in [5.74, 6) is 1.06. The molecule has 1 atom stereocenters. The van der Waals surface area contributed by atoms with Gasteiger partial charge in [-0.3, -0.25) is 9.48 Å². The van der Waals surface area contributed by atoms with Gasteiger partial charge in [-0.2, -0.15) is 5.10 Å². The molecule has 1 aromatic rings. The molecule has 6 heteroatoms. The Morgan fingerprint density at radius 2 is 2.05 bits per heavy atom. The lowest BCUT2D eigenvalue weighted by atomic mass is 10.1. The first-order valence-corrected chi connectivity index (χ1v) is 6.54. The van der Waals surface area contributed by atoms with Crippen LogP contribution in [0.3, 0.4) is 0 Å². The number of nitrogens with two attached hydrogens (primary N) is 1. The zero-order valence-corrected chi connectivity index (χ0v) is 12.7. The van der Waals surface area contributed by atoms with Crippen LogP contribution in [0.15, 0.2) is 0 Å². The van der Waals surface area contributed by atoms with Crippen molar-refractivity contribution in [3.63, 3.8) is 0 Å². The van der Waals surface area contributed by atoms with Crippen LogP contribution in [0, 0.1) is 5.92 Å². The van der Waals surface area contributed by atoms with Gasteiger partial charge in [0.15, 0.2) is 0 Å². The summed E-state index contributed by atoms with van der Waals surface area (Å²) in [5.41, 5.74) is 7.76. The molecule has 1 aromatic heterocycles. The van der Waals surface area contributed by atoms with Crippen molar-refractivity contribution in [3.8, 4) is 0 Å². The Kier molecular flexibility index (Phi) is 4.80. The van der Waals surface area contributed by atoms with Gasteiger partial charge >= 0.3 is 0 Å². The van der Waals surface area contributed by atoms with Crippen LogP contribution in [0.4, 0.5) is 11.5 Å². The van der Waals surface area contributed by atoms with E-state index in [1.807, 2.05) is 25.9 Å². The SMILES string of the molecule is CNC(=O)C(C)CN(C)c1c(N)c(C(C)C)nn1C. The van der Waals surface area contributed by atoms with E-state index < -0.39 is 0 Å². The molecule has 3 N–H and O–H groups in total. The summed E-state index contributed by atoms with van der Waals surface area (Å²) in [5, 5.41) is 7.11. The van der Waals surface area contributed by atoms with E-state index in [1.54, 1.807) is 11.7 Å². The molecule has 0 bridgehead atoms. The van der Waals surface area contributed by atoms with Gasteiger partial charge in [0.1, 0.15) is 5.82 Å². The highest BCUT2D eigenvalue weighted by Gasteiger charge is 2.21. The van der Waals surface area contributed by atoms with Gasteiger partial charge in [-0.1, -0.05) is 20.8 Å². The zero-order chi connectivity index (χ0) is 14.7. The van der Waals surface area contributed by atoms with Crippen molar-refractivity contribution in [1.29, 1.82) is 0 Å². The summed E-state index contributed by atoms with van der Waals surface area (Å²) < 4.78 is 1.78. The molecular formula is C13H25N5O. The Morgan fingerprint density at radius 1 is 1.47 bits per heavy atom. The molecule has 0 aliphatic carbocycles. The summed E-state index contributed by atoms with van der Waals surface area (Å²) in [7, 11) is 5.45. The van der Waals surface area contributed by atoms with Crippen molar-refractivity contribution in [3.05, 3.63) is 5.69 Å². The summed E-state index contributed by atoms with van der Waals surface area (Å²) in [6, 6.07) is 0. The molecule has 0 fully saturated rings. The Bertz CT molecular complexity index is 452. The van der Waals surface area contributed by atoms with Crippen LogP contribution in [0.25, 0.3) is 0 Å². The van der Waals surface area contributed by atoms with E-state index in [2.05, 4.69) is 24.3 Å². The number of rotatable bonds is 5. The molecule has 108 valence electrons. The van der Waals surface area contributed by atoms with Crippen molar-refractivity contribution in [1.82, 2.24) is 15.1 Å². The van der Waals surface area contributed by atoms with E-state index in [0.717, 1.165) is 11.5 Å². The number of nitrogen functional groups attached to an aromatic ring is 1. The van der Waals surface area contributed by atoms with Gasteiger partial charge in [0, 0.05) is 27.7 Å². The number of aryl methyl sites for hydroxylation is 1. The second-order valence-electron chi connectivity index (χ2n) is 5.30. The van der Waals surface area contributed by atoms with Crippen LogP contribution >= 0.6 is 0 Å². The first-order valence-electron chi connectivity index (χ1n) is 6.54. The zero-order valence-electron chi connectivity index (χ0n) is 12.7. The highest BCUT2D eigenvalue weighted by Crippen LogP contribution is 2.30. The molecule has 1 rings (SSSR count). The lowest BCUT2D eigenvalue weighted by molar-refractivity contribution is -0.123. The minimum Gasteiger partial charge on any atom is -0.394 e. The van der Waals surface area contributed by atoms with Gasteiger partial charge in [0.05, 0.1) is 17.3 Å². The van der Waals surface area contributed by atoms with Crippen LogP contribution in [-0.4, -0.2) is 36.3 Å². The fourth-order valence-electron chi connectivity index (χ4n) is 2.26. The van der Waals surface area contributed by atoms with Crippen molar-refractivity contribution in [2.75, 3.05) is 31.3 Å². The van der Waals surface area contributed by atoms with Crippen molar-refractivity contribution in [2.45, 2.75) is 26.7 Å². The fourth-order valence-corrected chi connectivity index (χ4v) is 2.26. The molecule has 0 spiro atoms. The monoisotopic (exact) mass is 267 g/mol. The van der Waals surface area contributed by atoms with Crippen LogP contribution in [0.1, 0.15) is 32.4 Å². The van der Waals surface area contributed by atoms with Crippen LogP contribution in [0.5, 0.6) is 0 Å². The van der Waals surface area contributed by atoms with Crippen molar-refractivity contribution >= 4 is 17.4 Å². The maximum Gasteiger partial charge on any atom is 0.224 e. The van der Waals surface area contributed by atoms with Gasteiger partial charge in [-0.25, -0.2) is 0 Å². The van der Waals surface area contributed by atoms with Crippen LogP contribution in [-0.2, 0) is 11.8 Å². The van der Waals surface area contributed by atoms with Crippen LogP contribution < -0.4 is 16.0 Å². The van der Waals surface area contributed by atoms with Gasteiger partial charge in [0.2, 0.25) is 5.91 Å². The molecule has 0 aliphatic rings. The Labute approximate surface area is 114 Å². The first-order chi connectivity index (χ1) is 8.79. The second-order valence-corrected chi connectivity index (χ2v) is 5.30. The first kappa shape index (κ1) is 15.3. The summed E-state index contributed by atoms with van der Waals surface area (Å²) in [4.78, 5) is 13.6. The van der Waals surface area contributed by atoms with E-state index in [0.29, 0.717) is 12.2 Å². The predicted octanol–water partition coefficient (Wildman–Crippen LogP) is 0.944. The van der Waals surface area contributed by atoms with E-state index in [4.69, 9.17) is 5.73 Å². The number of hydrogen-bond donors (Lipinski definition) is 2. The largest absolute Gasteiger partial charge is 0.394 e. The Hall–Kier alpha value is -1.72. The average Bonchev–Trinajstić information content (AvgIpc) is 2.63. The highest BCUT2D eigenvalue weighted by molar-refractivity contribution is 5.79. The molecule has 0 aromatic carbocycles. The molecule has 6 nitrogen and oxygen atoms in total. The number of anilines is 2. The molecule has 1 heterocycles. The smallest absolute Gasteiger partial charge is 0.224 e. The fraction of sp³-hybridized carbons (Fsp3) is 0.692. The lowest BCUT2D eigenvalue weighted by Gasteiger charge is -2.23. The van der Waals surface area contributed by atoms with Gasteiger partial charge in [-0.05, 0) is 5.92 Å². The minimum atomic E-state index is -0.105. The van der Waals surface area contributed by atoms with Crippen molar-refractivity contribution in [2.24, 2.45) is 13.0 Å². The molecular weight excluding hydrogens is 242 g/mol. The molecule has 0 saturated heterocycles. The maximum atomic E-state index is 11.6. The number of aromatic nitrogens is 2. The normalized spacial score (nSPS) is 12.6. The topological polar surface area (TPSA) is 76.2 Å². The maximum absolute atomic E-state index is 11.6. The number of carbonyl (C=O) groups is 1. The van der Waals surface area contributed by atoms with Crippen molar-refractivity contribution < 1.29 is 4.79 Å². The van der Waals surface area contributed by atoms with E-state index in [1.165, 1.54) is 0 Å². The van der Waals surface area contributed by atoms with E-state index in [-0.39, 0.29) is 17.7 Å². The molecule has 0 radical (unpaired) electrons. The lowest BCUT2D eigenvalue weighted by Crippen LogP contribution is -2.35. The number of nitrogens with zero attached hydrogens (tertiary/aromatic N) is 3. The number of amides is 1. The van der Waals surface area contributed by atoms with Crippen LogP contribution in [0.2, 0.25) is 0 Å². The second kappa shape index (κ2) is 5.95. The number of nitrogens with one attached hydrogen (secondary N) is 1. The highest BCUT2D eigenvalue weighted by atomic mass is 16.1. The van der Waals surface area contributed by atoms with Gasteiger partial charge in [0.25, 0.3) is 0 Å². The Morgan fingerprint density at radius 3 is 2.47 bits per heavy atom. The summed E-state index contributed by atoms with van der Waals surface area (Å²) in [6.07, 6.45) is 0. The standard InChI is InChI=1S/C13H25N5O/c1-8(2)11-10(14)13(18(6)16-11)17(5)7-9(3)12(19)15-4/h8-9H,7,14H2,1-6H3,(H,15,19). The third-order valence-corrected chi connectivity index (χ3v) is 3.23.